The van der Waals surface area contributed by atoms with Crippen LogP contribution in [-0.4, -0.2) is 31.9 Å². The Bertz CT molecular complexity index is 1130. The molecule has 4 aromatic rings. The summed E-state index contributed by atoms with van der Waals surface area (Å²) in [4.78, 5) is 34.9. The molecule has 7 nitrogen and oxygen atoms in total. The van der Waals surface area contributed by atoms with Crippen LogP contribution in [0.5, 0.6) is 0 Å². The molecule has 0 radical (unpaired) electrons. The highest BCUT2D eigenvalue weighted by molar-refractivity contribution is 6.06. The van der Waals surface area contributed by atoms with Gasteiger partial charge in [0.05, 0.1) is 11.1 Å². The Morgan fingerprint density at radius 3 is 2.64 bits per heavy atom. The Morgan fingerprint density at radius 1 is 1.04 bits per heavy atom. The van der Waals surface area contributed by atoms with E-state index in [1.807, 2.05) is 24.3 Å². The van der Waals surface area contributed by atoms with Gasteiger partial charge in [0.1, 0.15) is 11.2 Å². The number of anilines is 1. The van der Waals surface area contributed by atoms with Crippen molar-refractivity contribution in [2.75, 3.05) is 5.32 Å². The van der Waals surface area contributed by atoms with E-state index in [9.17, 15) is 14.7 Å². The minimum absolute atomic E-state index is 0.0677. The number of carbonyl (C=O) groups is 2. The number of H-pyrrole nitrogens is 1. The van der Waals surface area contributed by atoms with Crippen molar-refractivity contribution in [2.24, 2.45) is 0 Å². The number of aromatic amines is 1. The summed E-state index contributed by atoms with van der Waals surface area (Å²) >= 11 is 0. The lowest BCUT2D eigenvalue weighted by Crippen LogP contribution is -2.14. The number of aromatic nitrogens is 3. The molecule has 0 spiro atoms. The summed E-state index contributed by atoms with van der Waals surface area (Å²) in [5.41, 5.74) is 1.13. The minimum Gasteiger partial charge on any atom is -0.478 e. The number of rotatable bonds is 3. The zero-order valence-electron chi connectivity index (χ0n) is 12.9. The van der Waals surface area contributed by atoms with Crippen molar-refractivity contribution >= 4 is 39.6 Å². The lowest BCUT2D eigenvalue weighted by atomic mass is 10.1. The third-order valence-corrected chi connectivity index (χ3v) is 3.84. The van der Waals surface area contributed by atoms with E-state index in [2.05, 4.69) is 20.3 Å². The Hall–Kier alpha value is -3.74. The number of nitrogens with one attached hydrogen (secondary N) is 2. The number of carboxylic acid groups (broad SMARTS) is 1. The third kappa shape index (κ3) is 2.67. The number of hydrogen-bond acceptors (Lipinski definition) is 4. The number of carboxylic acids is 1. The molecule has 25 heavy (non-hydrogen) atoms. The van der Waals surface area contributed by atoms with Crippen molar-refractivity contribution in [3.63, 3.8) is 0 Å². The largest absolute Gasteiger partial charge is 0.478 e. The van der Waals surface area contributed by atoms with Gasteiger partial charge in [-0.05, 0) is 23.6 Å². The molecule has 0 saturated heterocycles. The number of hydrogen-bond donors (Lipinski definition) is 3. The second-order valence-corrected chi connectivity index (χ2v) is 5.46. The van der Waals surface area contributed by atoms with E-state index >= 15 is 0 Å². The smallest absolute Gasteiger partial charge is 0.337 e. The molecule has 0 aliphatic heterocycles. The number of aromatic carboxylic acids is 1. The molecule has 0 atom stereocenters. The van der Waals surface area contributed by atoms with Crippen LogP contribution in [0.25, 0.3) is 21.8 Å². The van der Waals surface area contributed by atoms with Crippen LogP contribution in [0.2, 0.25) is 0 Å². The highest BCUT2D eigenvalue weighted by Crippen LogP contribution is 2.19. The van der Waals surface area contributed by atoms with Gasteiger partial charge in [-0.2, -0.15) is 0 Å². The predicted molar refractivity (Wildman–Crippen MR) is 92.7 cm³/mol. The SMILES string of the molecule is O=C(Nc1nc2c(C(=O)O)cccc2[nH]1)c1cc2ccccc2cn1. The Balaban J connectivity index is 1.66. The number of pyridine rings is 1. The maximum atomic E-state index is 12.4. The monoisotopic (exact) mass is 332 g/mol. The topological polar surface area (TPSA) is 108 Å². The van der Waals surface area contributed by atoms with Gasteiger partial charge in [-0.1, -0.05) is 30.3 Å². The van der Waals surface area contributed by atoms with Crippen molar-refractivity contribution in [3.05, 3.63) is 66.0 Å². The Kier molecular flexibility index (Phi) is 3.39. The number of para-hydroxylation sites is 1. The van der Waals surface area contributed by atoms with E-state index in [1.54, 1.807) is 24.4 Å². The maximum Gasteiger partial charge on any atom is 0.337 e. The molecule has 0 unspecified atom stereocenters. The first kappa shape index (κ1) is 14.8. The van der Waals surface area contributed by atoms with E-state index in [-0.39, 0.29) is 22.7 Å². The molecule has 2 aromatic carbocycles. The normalized spacial score (nSPS) is 10.9. The second kappa shape index (κ2) is 5.72. The fourth-order valence-electron chi connectivity index (χ4n) is 2.64. The third-order valence-electron chi connectivity index (χ3n) is 3.84. The van der Waals surface area contributed by atoms with Crippen LogP contribution in [0.1, 0.15) is 20.8 Å². The molecule has 0 saturated carbocycles. The van der Waals surface area contributed by atoms with Crippen LogP contribution in [-0.2, 0) is 0 Å². The molecule has 4 rings (SSSR count). The van der Waals surface area contributed by atoms with E-state index in [4.69, 9.17) is 0 Å². The number of benzene rings is 2. The molecule has 122 valence electrons. The quantitative estimate of drug-likeness (QED) is 0.534. The van der Waals surface area contributed by atoms with Crippen molar-refractivity contribution in [2.45, 2.75) is 0 Å². The molecule has 0 fully saturated rings. The van der Waals surface area contributed by atoms with Crippen LogP contribution >= 0.6 is 0 Å². The van der Waals surface area contributed by atoms with Gasteiger partial charge >= 0.3 is 5.97 Å². The van der Waals surface area contributed by atoms with Gasteiger partial charge in [0.25, 0.3) is 5.91 Å². The number of amides is 1. The van der Waals surface area contributed by atoms with Gasteiger partial charge in [-0.15, -0.1) is 0 Å². The highest BCUT2D eigenvalue weighted by Gasteiger charge is 2.15. The fraction of sp³-hybridized carbons (Fsp3) is 0. The van der Waals surface area contributed by atoms with Gasteiger partial charge in [-0.3, -0.25) is 15.1 Å². The number of imidazole rings is 1. The molecular weight excluding hydrogens is 320 g/mol. The van der Waals surface area contributed by atoms with Crippen LogP contribution in [0.3, 0.4) is 0 Å². The van der Waals surface area contributed by atoms with Gasteiger partial charge in [0.2, 0.25) is 5.95 Å². The highest BCUT2D eigenvalue weighted by atomic mass is 16.4. The lowest BCUT2D eigenvalue weighted by molar-refractivity contribution is 0.0698. The van der Waals surface area contributed by atoms with E-state index in [0.29, 0.717) is 5.52 Å². The standard InChI is InChI=1S/C18H12N4O3/c23-16(14-8-10-4-1-2-5-11(10)9-19-14)22-18-20-13-7-3-6-12(17(24)25)15(13)21-18/h1-9H,(H,24,25)(H2,20,21,22,23). The van der Waals surface area contributed by atoms with Crippen LogP contribution in [0, 0.1) is 0 Å². The van der Waals surface area contributed by atoms with Crippen molar-refractivity contribution in [1.82, 2.24) is 15.0 Å². The molecule has 0 bridgehead atoms. The van der Waals surface area contributed by atoms with E-state index < -0.39 is 11.9 Å². The summed E-state index contributed by atoms with van der Waals surface area (Å²) in [5.74, 6) is -1.34. The van der Waals surface area contributed by atoms with Crippen molar-refractivity contribution < 1.29 is 14.7 Å². The predicted octanol–water partition coefficient (Wildman–Crippen LogP) is 3.06. The summed E-state index contributed by atoms with van der Waals surface area (Å²) in [6.45, 7) is 0. The summed E-state index contributed by atoms with van der Waals surface area (Å²) in [6.07, 6.45) is 1.63. The average Bonchev–Trinajstić information content (AvgIpc) is 3.03. The first-order valence-corrected chi connectivity index (χ1v) is 7.50. The second-order valence-electron chi connectivity index (χ2n) is 5.46. The summed E-state index contributed by atoms with van der Waals surface area (Å²) in [6, 6.07) is 14.1. The van der Waals surface area contributed by atoms with E-state index in [0.717, 1.165) is 10.8 Å². The van der Waals surface area contributed by atoms with E-state index in [1.165, 1.54) is 6.07 Å². The molecular formula is C18H12N4O3. The Labute approximate surface area is 141 Å². The zero-order valence-corrected chi connectivity index (χ0v) is 12.9. The summed E-state index contributed by atoms with van der Waals surface area (Å²) in [7, 11) is 0. The lowest BCUT2D eigenvalue weighted by Gasteiger charge is -2.03. The fourth-order valence-corrected chi connectivity index (χ4v) is 2.64. The van der Waals surface area contributed by atoms with Crippen LogP contribution in [0.4, 0.5) is 5.95 Å². The molecule has 7 heteroatoms. The maximum absolute atomic E-state index is 12.4. The number of carbonyl (C=O) groups excluding carboxylic acids is 1. The molecule has 0 aliphatic rings. The van der Waals surface area contributed by atoms with Crippen molar-refractivity contribution in [1.29, 1.82) is 0 Å². The molecule has 3 N–H and O–H groups in total. The summed E-state index contributed by atoms with van der Waals surface area (Å²) in [5, 5.41) is 13.7. The minimum atomic E-state index is -1.08. The van der Waals surface area contributed by atoms with Gasteiger partial charge in [-0.25, -0.2) is 9.78 Å². The van der Waals surface area contributed by atoms with Crippen LogP contribution < -0.4 is 5.32 Å². The molecule has 2 heterocycles. The molecule has 2 aromatic heterocycles. The number of nitrogens with zero attached hydrogens (tertiary/aromatic N) is 2. The molecule has 1 amide bonds. The van der Waals surface area contributed by atoms with Gasteiger partial charge < -0.3 is 10.1 Å². The van der Waals surface area contributed by atoms with Gasteiger partial charge in [0, 0.05) is 11.6 Å². The first-order valence-electron chi connectivity index (χ1n) is 7.50. The summed E-state index contributed by atoms with van der Waals surface area (Å²) < 4.78 is 0. The van der Waals surface area contributed by atoms with Crippen molar-refractivity contribution in [3.8, 4) is 0 Å². The van der Waals surface area contributed by atoms with Crippen LogP contribution in [0.15, 0.2) is 54.7 Å². The zero-order chi connectivity index (χ0) is 17.4. The number of fused-ring (bicyclic) bond motifs is 2. The average molecular weight is 332 g/mol. The Morgan fingerprint density at radius 2 is 1.84 bits per heavy atom. The first-order chi connectivity index (χ1) is 12.1. The molecule has 0 aliphatic carbocycles. The van der Waals surface area contributed by atoms with Gasteiger partial charge in [0.15, 0.2) is 0 Å².